The first-order valence-corrected chi connectivity index (χ1v) is 6.02. The molecule has 0 bridgehead atoms. The maximum Gasteiger partial charge on any atom is 0.194 e. The molecule has 0 aliphatic heterocycles. The number of hydrogen-bond donors (Lipinski definition) is 1. The lowest BCUT2D eigenvalue weighted by Gasteiger charge is -2.05. The van der Waals surface area contributed by atoms with Crippen LogP contribution >= 0.6 is 0 Å². The van der Waals surface area contributed by atoms with Crippen LogP contribution in [0.1, 0.15) is 5.76 Å². The van der Waals surface area contributed by atoms with Gasteiger partial charge in [0.2, 0.25) is 0 Å². The number of nitrogens with two attached hydrogens (primary N) is 1. The molecule has 2 heterocycles. The first kappa shape index (κ1) is 13.3. The third-order valence-corrected chi connectivity index (χ3v) is 3.08. The molecule has 21 heavy (non-hydrogen) atoms. The highest BCUT2D eigenvalue weighted by Gasteiger charge is 2.16. The molecule has 0 spiro atoms. The molecule has 108 valence electrons. The molecular formula is C14H10F3N3O. The van der Waals surface area contributed by atoms with Gasteiger partial charge < -0.3 is 10.2 Å². The Morgan fingerprint density at radius 3 is 2.38 bits per heavy atom. The van der Waals surface area contributed by atoms with Crippen LogP contribution in [0.25, 0.3) is 16.9 Å². The average Bonchev–Trinajstić information content (AvgIpc) is 3.01. The van der Waals surface area contributed by atoms with Crippen molar-refractivity contribution in [1.29, 1.82) is 0 Å². The molecule has 0 saturated heterocycles. The predicted molar refractivity (Wildman–Crippen MR) is 70.3 cm³/mol. The second kappa shape index (κ2) is 4.69. The van der Waals surface area contributed by atoms with Crippen LogP contribution in [0.5, 0.6) is 0 Å². The summed E-state index contributed by atoms with van der Waals surface area (Å²) in [6, 6.07) is 4.89. The SMILES string of the molecule is Cc1occc1-c1cc(N)n(-c2cc(F)c(F)c(F)c2)n1. The Balaban J connectivity index is 2.12. The smallest absolute Gasteiger partial charge is 0.194 e. The summed E-state index contributed by atoms with van der Waals surface area (Å²) in [7, 11) is 0. The van der Waals surface area contributed by atoms with E-state index in [9.17, 15) is 13.2 Å². The number of nitrogens with zero attached hydrogens (tertiary/aromatic N) is 2. The largest absolute Gasteiger partial charge is 0.469 e. The molecule has 0 fully saturated rings. The molecule has 2 N–H and O–H groups in total. The molecule has 0 amide bonds. The van der Waals surface area contributed by atoms with Gasteiger partial charge in [0.1, 0.15) is 11.6 Å². The number of halogens is 3. The average molecular weight is 293 g/mol. The Bertz CT molecular complexity index is 800. The number of anilines is 1. The fourth-order valence-electron chi connectivity index (χ4n) is 2.05. The lowest BCUT2D eigenvalue weighted by Crippen LogP contribution is -2.04. The Morgan fingerprint density at radius 2 is 1.81 bits per heavy atom. The van der Waals surface area contributed by atoms with Gasteiger partial charge in [-0.25, -0.2) is 17.9 Å². The van der Waals surface area contributed by atoms with Crippen molar-refractivity contribution >= 4 is 5.82 Å². The van der Waals surface area contributed by atoms with Gasteiger partial charge in [0.15, 0.2) is 17.5 Å². The molecular weight excluding hydrogens is 283 g/mol. The molecule has 0 unspecified atom stereocenters. The summed E-state index contributed by atoms with van der Waals surface area (Å²) in [6.45, 7) is 1.75. The predicted octanol–water partition coefficient (Wildman–Crippen LogP) is 3.44. The van der Waals surface area contributed by atoms with Gasteiger partial charge >= 0.3 is 0 Å². The van der Waals surface area contributed by atoms with Crippen molar-refractivity contribution in [3.63, 3.8) is 0 Å². The van der Waals surface area contributed by atoms with Crippen LogP contribution in [-0.4, -0.2) is 9.78 Å². The molecule has 3 rings (SSSR count). The Morgan fingerprint density at radius 1 is 1.14 bits per heavy atom. The van der Waals surface area contributed by atoms with Crippen LogP contribution in [0.2, 0.25) is 0 Å². The van der Waals surface area contributed by atoms with Crippen LogP contribution in [-0.2, 0) is 0 Å². The van der Waals surface area contributed by atoms with Gasteiger partial charge in [-0.05, 0) is 13.0 Å². The molecule has 1 aromatic carbocycles. The van der Waals surface area contributed by atoms with Gasteiger partial charge in [0.05, 0.1) is 17.6 Å². The van der Waals surface area contributed by atoms with E-state index in [0.29, 0.717) is 17.0 Å². The van der Waals surface area contributed by atoms with E-state index in [0.717, 1.165) is 16.8 Å². The first-order valence-electron chi connectivity index (χ1n) is 6.02. The summed E-state index contributed by atoms with van der Waals surface area (Å²) in [5.41, 5.74) is 7.00. The molecule has 3 aromatic rings. The van der Waals surface area contributed by atoms with Crippen molar-refractivity contribution in [2.45, 2.75) is 6.92 Å². The number of hydrogen-bond acceptors (Lipinski definition) is 3. The van der Waals surface area contributed by atoms with E-state index in [2.05, 4.69) is 5.10 Å². The summed E-state index contributed by atoms with van der Waals surface area (Å²) < 4.78 is 45.9. The van der Waals surface area contributed by atoms with Crippen LogP contribution in [0, 0.1) is 24.4 Å². The van der Waals surface area contributed by atoms with Crippen molar-refractivity contribution < 1.29 is 17.6 Å². The molecule has 0 saturated carbocycles. The Kier molecular flexibility index (Phi) is 2.97. The minimum atomic E-state index is -1.53. The highest BCUT2D eigenvalue weighted by Crippen LogP contribution is 2.27. The molecule has 0 aliphatic rings. The van der Waals surface area contributed by atoms with Crippen LogP contribution in [0.15, 0.2) is 34.9 Å². The highest BCUT2D eigenvalue weighted by atomic mass is 19.2. The monoisotopic (exact) mass is 293 g/mol. The molecule has 2 aromatic heterocycles. The number of furan rings is 1. The standard InChI is InChI=1S/C14H10F3N3O/c1-7-9(2-3-21-7)12-6-13(18)20(19-12)8-4-10(15)14(17)11(16)5-8/h2-6H,18H2,1H3. The van der Waals surface area contributed by atoms with Gasteiger partial charge in [0, 0.05) is 23.8 Å². The zero-order valence-corrected chi connectivity index (χ0v) is 10.9. The maximum absolute atomic E-state index is 13.3. The molecule has 4 nitrogen and oxygen atoms in total. The van der Waals surface area contributed by atoms with Crippen molar-refractivity contribution in [1.82, 2.24) is 9.78 Å². The minimum absolute atomic E-state index is 0.00343. The van der Waals surface area contributed by atoms with Crippen LogP contribution < -0.4 is 5.73 Å². The number of aryl methyl sites for hydroxylation is 1. The first-order chi connectivity index (χ1) is 9.97. The number of benzene rings is 1. The summed E-state index contributed by atoms with van der Waals surface area (Å²) >= 11 is 0. The van der Waals surface area contributed by atoms with E-state index in [1.807, 2.05) is 0 Å². The van der Waals surface area contributed by atoms with Crippen LogP contribution in [0.4, 0.5) is 19.0 Å². The third-order valence-electron chi connectivity index (χ3n) is 3.08. The fourth-order valence-corrected chi connectivity index (χ4v) is 2.05. The lowest BCUT2D eigenvalue weighted by atomic mass is 10.2. The second-order valence-electron chi connectivity index (χ2n) is 4.48. The van der Waals surface area contributed by atoms with E-state index >= 15 is 0 Å². The van der Waals surface area contributed by atoms with E-state index in [-0.39, 0.29) is 11.5 Å². The highest BCUT2D eigenvalue weighted by molar-refractivity contribution is 5.65. The van der Waals surface area contributed by atoms with E-state index in [1.165, 1.54) is 12.3 Å². The molecule has 0 atom stereocenters. The molecule has 0 radical (unpaired) electrons. The van der Waals surface area contributed by atoms with Crippen molar-refractivity contribution in [2.75, 3.05) is 5.73 Å². The van der Waals surface area contributed by atoms with Crippen molar-refractivity contribution in [3.8, 4) is 16.9 Å². The van der Waals surface area contributed by atoms with Gasteiger partial charge in [-0.1, -0.05) is 0 Å². The zero-order valence-electron chi connectivity index (χ0n) is 10.9. The van der Waals surface area contributed by atoms with Gasteiger partial charge in [-0.2, -0.15) is 5.10 Å². The lowest BCUT2D eigenvalue weighted by molar-refractivity contribution is 0.446. The number of rotatable bonds is 2. The maximum atomic E-state index is 13.3. The second-order valence-corrected chi connectivity index (χ2v) is 4.48. The third kappa shape index (κ3) is 2.16. The van der Waals surface area contributed by atoms with E-state index < -0.39 is 17.5 Å². The number of aromatic nitrogens is 2. The topological polar surface area (TPSA) is 57.0 Å². The van der Waals surface area contributed by atoms with Gasteiger partial charge in [0.25, 0.3) is 0 Å². The van der Waals surface area contributed by atoms with Crippen LogP contribution in [0.3, 0.4) is 0 Å². The number of nitrogen functional groups attached to an aromatic ring is 1. The summed E-state index contributed by atoms with van der Waals surface area (Å²) in [5.74, 6) is -3.34. The molecule has 7 heteroatoms. The molecule has 0 aliphatic carbocycles. The summed E-state index contributed by atoms with van der Waals surface area (Å²) in [6.07, 6.45) is 1.50. The Hall–Kier alpha value is -2.70. The zero-order chi connectivity index (χ0) is 15.1. The van der Waals surface area contributed by atoms with E-state index in [1.54, 1.807) is 13.0 Å². The fraction of sp³-hybridized carbons (Fsp3) is 0.0714. The van der Waals surface area contributed by atoms with Gasteiger partial charge in [-0.3, -0.25) is 0 Å². The normalized spacial score (nSPS) is 11.0. The minimum Gasteiger partial charge on any atom is -0.469 e. The van der Waals surface area contributed by atoms with Gasteiger partial charge in [-0.15, -0.1) is 0 Å². The van der Waals surface area contributed by atoms with E-state index in [4.69, 9.17) is 10.2 Å². The summed E-state index contributed by atoms with van der Waals surface area (Å²) in [4.78, 5) is 0. The summed E-state index contributed by atoms with van der Waals surface area (Å²) in [5, 5.41) is 4.17. The van der Waals surface area contributed by atoms with Crippen molar-refractivity contribution in [3.05, 3.63) is 53.7 Å². The van der Waals surface area contributed by atoms with Crippen molar-refractivity contribution in [2.24, 2.45) is 0 Å². The quantitative estimate of drug-likeness (QED) is 0.736. The Labute approximate surface area is 117 Å².